The number of carbonyl (C=O) groups is 1. The smallest absolute Gasteiger partial charge is 0.271 e. The Morgan fingerprint density at radius 1 is 1.29 bits per heavy atom. The number of rotatable bonds is 6. The van der Waals surface area contributed by atoms with Crippen LogP contribution in [0, 0.1) is 0 Å². The van der Waals surface area contributed by atoms with Crippen LogP contribution in [0.4, 0.5) is 11.4 Å². The third kappa shape index (κ3) is 4.49. The maximum absolute atomic E-state index is 12.7. The number of anilines is 2. The molecule has 1 amide bonds. The maximum Gasteiger partial charge on any atom is 0.271 e. The van der Waals surface area contributed by atoms with Gasteiger partial charge in [-0.2, -0.15) is 0 Å². The van der Waals surface area contributed by atoms with Gasteiger partial charge in [0.2, 0.25) is 0 Å². The molecule has 0 unspecified atom stereocenters. The van der Waals surface area contributed by atoms with Gasteiger partial charge in [-0.25, -0.2) is 4.98 Å². The van der Waals surface area contributed by atoms with E-state index >= 15 is 0 Å². The molecule has 1 fully saturated rings. The maximum atomic E-state index is 12.7. The van der Waals surface area contributed by atoms with Crippen LogP contribution in [0.1, 0.15) is 35.8 Å². The largest absolute Gasteiger partial charge is 0.394 e. The Bertz CT molecular complexity index is 1130. The molecule has 0 aliphatic carbocycles. The van der Waals surface area contributed by atoms with Crippen molar-refractivity contribution in [2.24, 2.45) is 0 Å². The molecule has 2 aromatic heterocycles. The zero-order valence-corrected chi connectivity index (χ0v) is 17.3. The lowest BCUT2D eigenvalue weighted by Crippen LogP contribution is -2.32. The summed E-state index contributed by atoms with van der Waals surface area (Å²) < 4.78 is 0. The quantitative estimate of drug-likeness (QED) is 0.566. The second-order valence-corrected chi connectivity index (χ2v) is 7.55. The fraction of sp³-hybridized carbons (Fsp3) is 0.304. The molecule has 1 aliphatic heterocycles. The number of nitrogens with zero attached hydrogens (tertiary/aromatic N) is 3. The standard InChI is InChI=1S/C23H25N5O3/c1-2-17-12-24-13-21(26-17)16-10-20(23(31)25-11-16)27-22(30)15-5-7-18(8-6-15)28-9-3-4-19(28)14-29/h5-8,10-13,19,29H,2-4,9,14H2,1H3,(H,25,31)(H,27,30)/t19-/m0/s1. The molecule has 1 atom stereocenters. The van der Waals surface area contributed by atoms with E-state index in [9.17, 15) is 14.7 Å². The number of carbonyl (C=O) groups excluding carboxylic acids is 1. The summed E-state index contributed by atoms with van der Waals surface area (Å²) in [5, 5.41) is 12.2. The first-order valence-corrected chi connectivity index (χ1v) is 10.4. The highest BCUT2D eigenvalue weighted by molar-refractivity contribution is 6.04. The van der Waals surface area contributed by atoms with E-state index in [1.165, 1.54) is 0 Å². The summed E-state index contributed by atoms with van der Waals surface area (Å²) >= 11 is 0. The van der Waals surface area contributed by atoms with Crippen molar-refractivity contribution < 1.29 is 9.90 Å². The average Bonchev–Trinajstić information content (AvgIpc) is 3.29. The van der Waals surface area contributed by atoms with Crippen molar-refractivity contribution in [2.45, 2.75) is 32.2 Å². The van der Waals surface area contributed by atoms with E-state index in [0.29, 0.717) is 16.8 Å². The highest BCUT2D eigenvalue weighted by atomic mass is 16.3. The zero-order chi connectivity index (χ0) is 21.8. The van der Waals surface area contributed by atoms with Crippen LogP contribution in [0.25, 0.3) is 11.3 Å². The molecular formula is C23H25N5O3. The SMILES string of the molecule is CCc1cncc(-c2c[nH]c(=O)c(NC(=O)c3ccc(N4CCC[C@H]4CO)cc3)c2)n1. The van der Waals surface area contributed by atoms with E-state index in [0.717, 1.165) is 37.2 Å². The first-order valence-electron chi connectivity index (χ1n) is 10.4. The molecule has 3 aromatic rings. The number of pyridine rings is 1. The Hall–Kier alpha value is -3.52. The number of aliphatic hydroxyl groups is 1. The Kier molecular flexibility index (Phi) is 6.08. The third-order valence-electron chi connectivity index (χ3n) is 5.54. The zero-order valence-electron chi connectivity index (χ0n) is 17.3. The summed E-state index contributed by atoms with van der Waals surface area (Å²) in [7, 11) is 0. The minimum Gasteiger partial charge on any atom is -0.394 e. The van der Waals surface area contributed by atoms with Crippen molar-refractivity contribution >= 4 is 17.3 Å². The van der Waals surface area contributed by atoms with Crippen molar-refractivity contribution in [1.29, 1.82) is 0 Å². The Labute approximate surface area is 180 Å². The highest BCUT2D eigenvalue weighted by Crippen LogP contribution is 2.26. The molecule has 1 saturated heterocycles. The minimum absolute atomic E-state index is 0.118. The monoisotopic (exact) mass is 419 g/mol. The van der Waals surface area contributed by atoms with Crippen LogP contribution >= 0.6 is 0 Å². The lowest BCUT2D eigenvalue weighted by atomic mass is 10.1. The minimum atomic E-state index is -0.392. The lowest BCUT2D eigenvalue weighted by Gasteiger charge is -2.25. The molecule has 1 aromatic carbocycles. The van der Waals surface area contributed by atoms with E-state index < -0.39 is 5.56 Å². The molecule has 4 rings (SSSR count). The van der Waals surface area contributed by atoms with Gasteiger partial charge in [0.15, 0.2) is 0 Å². The number of aryl methyl sites for hydroxylation is 1. The molecule has 3 heterocycles. The number of aliphatic hydroxyl groups excluding tert-OH is 1. The molecular weight excluding hydrogens is 394 g/mol. The number of hydrogen-bond acceptors (Lipinski definition) is 6. The van der Waals surface area contributed by atoms with Gasteiger partial charge in [0, 0.05) is 35.8 Å². The normalized spacial score (nSPS) is 15.8. The number of aromatic amines is 1. The molecule has 8 nitrogen and oxygen atoms in total. The van der Waals surface area contributed by atoms with Crippen molar-refractivity contribution in [1.82, 2.24) is 15.0 Å². The van der Waals surface area contributed by atoms with E-state index in [1.54, 1.807) is 36.8 Å². The molecule has 160 valence electrons. The van der Waals surface area contributed by atoms with Crippen LogP contribution in [0.2, 0.25) is 0 Å². The lowest BCUT2D eigenvalue weighted by molar-refractivity contribution is 0.102. The van der Waals surface area contributed by atoms with Gasteiger partial charge >= 0.3 is 0 Å². The summed E-state index contributed by atoms with van der Waals surface area (Å²) in [6.07, 6.45) is 7.63. The fourth-order valence-electron chi connectivity index (χ4n) is 3.80. The predicted molar refractivity (Wildman–Crippen MR) is 119 cm³/mol. The number of nitrogens with one attached hydrogen (secondary N) is 2. The molecule has 8 heteroatoms. The number of hydrogen-bond donors (Lipinski definition) is 3. The second-order valence-electron chi connectivity index (χ2n) is 7.55. The van der Waals surface area contributed by atoms with Crippen LogP contribution in [-0.2, 0) is 6.42 Å². The van der Waals surface area contributed by atoms with E-state index in [2.05, 4.69) is 25.2 Å². The first kappa shape index (κ1) is 20.7. The van der Waals surface area contributed by atoms with E-state index in [1.807, 2.05) is 19.1 Å². The van der Waals surface area contributed by atoms with Crippen LogP contribution in [0.5, 0.6) is 0 Å². The fourth-order valence-corrected chi connectivity index (χ4v) is 3.80. The van der Waals surface area contributed by atoms with Crippen LogP contribution in [0.3, 0.4) is 0 Å². The Morgan fingerprint density at radius 2 is 2.10 bits per heavy atom. The van der Waals surface area contributed by atoms with Gasteiger partial charge < -0.3 is 20.3 Å². The summed E-state index contributed by atoms with van der Waals surface area (Å²) in [5.41, 5.74) is 3.31. The molecule has 0 saturated carbocycles. The number of benzene rings is 1. The third-order valence-corrected chi connectivity index (χ3v) is 5.54. The Morgan fingerprint density at radius 3 is 2.84 bits per heavy atom. The topological polar surface area (TPSA) is 111 Å². The summed E-state index contributed by atoms with van der Waals surface area (Å²) in [5.74, 6) is -0.372. The Balaban J connectivity index is 1.52. The van der Waals surface area contributed by atoms with Gasteiger partial charge in [-0.05, 0) is 49.6 Å². The van der Waals surface area contributed by atoms with Gasteiger partial charge in [0.1, 0.15) is 5.69 Å². The van der Waals surface area contributed by atoms with Gasteiger partial charge in [0.25, 0.3) is 11.5 Å². The molecule has 0 radical (unpaired) electrons. The van der Waals surface area contributed by atoms with Crippen molar-refractivity contribution in [3.8, 4) is 11.3 Å². The average molecular weight is 419 g/mol. The van der Waals surface area contributed by atoms with Gasteiger partial charge in [-0.15, -0.1) is 0 Å². The van der Waals surface area contributed by atoms with Crippen molar-refractivity contribution in [3.05, 3.63) is 70.5 Å². The molecule has 31 heavy (non-hydrogen) atoms. The number of aromatic nitrogens is 3. The van der Waals surface area contributed by atoms with Gasteiger partial charge in [-0.3, -0.25) is 14.6 Å². The molecule has 0 spiro atoms. The van der Waals surface area contributed by atoms with Crippen molar-refractivity contribution in [3.63, 3.8) is 0 Å². The van der Waals surface area contributed by atoms with Crippen LogP contribution in [-0.4, -0.2) is 45.2 Å². The summed E-state index contributed by atoms with van der Waals surface area (Å²) in [6.45, 7) is 3.00. The van der Waals surface area contributed by atoms with Crippen LogP contribution in [0.15, 0.2) is 53.7 Å². The van der Waals surface area contributed by atoms with Crippen LogP contribution < -0.4 is 15.8 Å². The molecule has 1 aliphatic rings. The summed E-state index contributed by atoms with van der Waals surface area (Å²) in [4.78, 5) is 38.5. The number of H-pyrrole nitrogens is 1. The molecule has 3 N–H and O–H groups in total. The van der Waals surface area contributed by atoms with E-state index in [4.69, 9.17) is 0 Å². The highest BCUT2D eigenvalue weighted by Gasteiger charge is 2.24. The van der Waals surface area contributed by atoms with Gasteiger partial charge in [0.05, 0.1) is 30.2 Å². The second kappa shape index (κ2) is 9.09. The summed E-state index contributed by atoms with van der Waals surface area (Å²) in [6, 6.07) is 8.92. The predicted octanol–water partition coefficient (Wildman–Crippen LogP) is 2.61. The van der Waals surface area contributed by atoms with Crippen molar-refractivity contribution in [2.75, 3.05) is 23.4 Å². The first-order chi connectivity index (χ1) is 15.1. The van der Waals surface area contributed by atoms with E-state index in [-0.39, 0.29) is 24.2 Å². The number of amides is 1. The molecule has 0 bridgehead atoms. The van der Waals surface area contributed by atoms with Gasteiger partial charge in [-0.1, -0.05) is 6.92 Å².